The summed E-state index contributed by atoms with van der Waals surface area (Å²) in [5, 5.41) is 14.0. The number of hydrazone groups is 1. The van der Waals surface area contributed by atoms with Crippen LogP contribution < -0.4 is 20.4 Å². The number of halogens is 1. The third-order valence-electron chi connectivity index (χ3n) is 7.62. The maximum Gasteiger partial charge on any atom is 0.295 e. The summed E-state index contributed by atoms with van der Waals surface area (Å²) < 4.78 is 38.7. The number of benzene rings is 3. The van der Waals surface area contributed by atoms with Gasteiger partial charge in [0.1, 0.15) is 17.5 Å². The third kappa shape index (κ3) is 6.29. The lowest BCUT2D eigenvalue weighted by atomic mass is 10.1. The van der Waals surface area contributed by atoms with Crippen LogP contribution in [0, 0.1) is 32.1 Å². The molecule has 0 spiro atoms. The Kier molecular flexibility index (Phi) is 9.10. The van der Waals surface area contributed by atoms with Crippen LogP contribution in [0.5, 0.6) is 5.75 Å². The highest BCUT2D eigenvalue weighted by atomic mass is 35.5. The van der Waals surface area contributed by atoms with Gasteiger partial charge in [0.25, 0.3) is 15.6 Å². The van der Waals surface area contributed by atoms with Crippen molar-refractivity contribution in [2.75, 3.05) is 17.3 Å². The lowest BCUT2D eigenvalue weighted by molar-refractivity contribution is 0.106. The summed E-state index contributed by atoms with van der Waals surface area (Å²) in [5.41, 5.74) is 5.09. The van der Waals surface area contributed by atoms with Gasteiger partial charge in [0.05, 0.1) is 34.1 Å². The Morgan fingerprint density at radius 1 is 0.979 bits per heavy atom. The zero-order valence-electron chi connectivity index (χ0n) is 26.1. The van der Waals surface area contributed by atoms with Gasteiger partial charge in [-0.1, -0.05) is 29.8 Å². The van der Waals surface area contributed by atoms with E-state index in [0.717, 1.165) is 0 Å². The van der Waals surface area contributed by atoms with E-state index in [1.807, 2.05) is 37.3 Å². The molecule has 0 aliphatic rings. The highest BCUT2D eigenvalue weighted by molar-refractivity contribution is 7.92. The highest BCUT2D eigenvalue weighted by Gasteiger charge is 2.26. The van der Waals surface area contributed by atoms with Crippen molar-refractivity contribution in [3.05, 3.63) is 117 Å². The number of nitrogens with one attached hydrogen (secondary N) is 2. The maximum absolute atomic E-state index is 13.7. The number of ketones is 1. The van der Waals surface area contributed by atoms with Gasteiger partial charge in [-0.3, -0.25) is 24.4 Å². The average Bonchev–Trinajstić information content (AvgIpc) is 3.47. The predicted molar refractivity (Wildman–Crippen MR) is 181 cm³/mol. The zero-order chi connectivity index (χ0) is 34.0. The minimum Gasteiger partial charge on any atom is -0.497 e. The molecule has 2 N–H and O–H groups in total. The molecule has 2 aromatic heterocycles. The molecule has 0 atom stereocenters. The second kappa shape index (κ2) is 13.0. The topological polar surface area (TPSA) is 153 Å². The molecule has 12 nitrogen and oxygen atoms in total. The number of hydrogen-bond donors (Lipinski definition) is 2. The minimum atomic E-state index is -4.04. The van der Waals surface area contributed by atoms with Crippen molar-refractivity contribution in [1.29, 1.82) is 5.26 Å². The largest absolute Gasteiger partial charge is 0.497 e. The van der Waals surface area contributed by atoms with E-state index in [1.54, 1.807) is 71.2 Å². The van der Waals surface area contributed by atoms with Gasteiger partial charge in [-0.2, -0.15) is 10.4 Å². The lowest BCUT2D eigenvalue weighted by Gasteiger charge is -2.11. The number of methoxy groups -OCH3 is 1. The van der Waals surface area contributed by atoms with E-state index in [9.17, 15) is 23.3 Å². The molecule has 0 amide bonds. The predicted octanol–water partition coefficient (Wildman–Crippen LogP) is 5.53. The van der Waals surface area contributed by atoms with Crippen molar-refractivity contribution in [3.63, 3.8) is 0 Å². The SMILES string of the molecule is COc1ccc(NS(=O)(=O)c2ccc(Cl)c(NN=C(C#N)C(=O)c3cc(C)n(-c4c(C)n(C)n(-c5ccccc5)c4=O)c3C)c2)cc1. The van der Waals surface area contributed by atoms with Gasteiger partial charge in [-0.25, -0.2) is 13.1 Å². The fraction of sp³-hybridized carbons (Fsp3) is 0.152. The van der Waals surface area contributed by atoms with Crippen LogP contribution in [0.2, 0.25) is 5.02 Å². The van der Waals surface area contributed by atoms with Crippen molar-refractivity contribution in [1.82, 2.24) is 13.9 Å². The molecular formula is C33H30ClN7O5S. The van der Waals surface area contributed by atoms with Crippen molar-refractivity contribution in [2.24, 2.45) is 12.1 Å². The Balaban J connectivity index is 1.44. The van der Waals surface area contributed by atoms with E-state index in [2.05, 4.69) is 15.2 Å². The van der Waals surface area contributed by atoms with Crippen LogP contribution in [0.25, 0.3) is 11.4 Å². The van der Waals surface area contributed by atoms with Crippen LogP contribution in [-0.4, -0.2) is 41.0 Å². The Morgan fingerprint density at radius 2 is 1.66 bits per heavy atom. The first-order valence-electron chi connectivity index (χ1n) is 14.2. The summed E-state index contributed by atoms with van der Waals surface area (Å²) in [7, 11) is -0.757. The second-order valence-corrected chi connectivity index (χ2v) is 12.6. The molecule has 14 heteroatoms. The van der Waals surface area contributed by atoms with Crippen LogP contribution in [0.15, 0.2) is 93.7 Å². The molecule has 47 heavy (non-hydrogen) atoms. The molecule has 0 fully saturated rings. The number of anilines is 2. The van der Waals surface area contributed by atoms with Crippen LogP contribution in [0.1, 0.15) is 27.4 Å². The van der Waals surface area contributed by atoms with Crippen LogP contribution >= 0.6 is 11.6 Å². The van der Waals surface area contributed by atoms with Gasteiger partial charge in [0, 0.05) is 29.7 Å². The third-order valence-corrected chi connectivity index (χ3v) is 9.33. The van der Waals surface area contributed by atoms with Gasteiger partial charge < -0.3 is 9.30 Å². The summed E-state index contributed by atoms with van der Waals surface area (Å²) in [6.45, 7) is 5.26. The molecule has 0 saturated carbocycles. The number of aromatic nitrogens is 3. The van der Waals surface area contributed by atoms with E-state index in [0.29, 0.717) is 39.9 Å². The summed E-state index contributed by atoms with van der Waals surface area (Å²) in [4.78, 5) is 27.1. The number of Topliss-reactive ketones (excluding diaryl/α,β-unsaturated/α-hetero) is 1. The number of carbonyl (C=O) groups is 1. The number of nitrogens with zero attached hydrogens (tertiary/aromatic N) is 5. The highest BCUT2D eigenvalue weighted by Crippen LogP contribution is 2.28. The molecular weight excluding hydrogens is 642 g/mol. The van der Waals surface area contributed by atoms with E-state index in [1.165, 1.54) is 25.3 Å². The van der Waals surface area contributed by atoms with Crippen molar-refractivity contribution >= 4 is 44.5 Å². The number of carbonyl (C=O) groups excluding carboxylic acids is 1. The molecule has 0 radical (unpaired) electrons. The fourth-order valence-electron chi connectivity index (χ4n) is 5.15. The molecule has 5 rings (SSSR count). The molecule has 5 aromatic rings. The Bertz CT molecular complexity index is 2250. The number of ether oxygens (including phenoxy) is 1. The molecule has 0 aliphatic heterocycles. The van der Waals surface area contributed by atoms with Gasteiger partial charge in [0.15, 0.2) is 0 Å². The summed E-state index contributed by atoms with van der Waals surface area (Å²) >= 11 is 6.30. The second-order valence-electron chi connectivity index (χ2n) is 10.5. The monoisotopic (exact) mass is 671 g/mol. The van der Waals surface area contributed by atoms with E-state index < -0.39 is 21.5 Å². The number of hydrogen-bond acceptors (Lipinski definition) is 8. The lowest BCUT2D eigenvalue weighted by Crippen LogP contribution is -2.22. The summed E-state index contributed by atoms with van der Waals surface area (Å²) in [6, 6.07) is 22.8. The normalized spacial score (nSPS) is 11.6. The first-order chi connectivity index (χ1) is 22.4. The first kappa shape index (κ1) is 32.8. The standard InChI is InChI=1S/C33H30ClN7O5S/c1-20-17-27(21(2)40(20)31-22(3)39(4)41(33(31)43)24-9-7-6-8-10-24)32(42)30(19-35)37-36-29-18-26(15-16-28(29)34)47(44,45)38-23-11-13-25(46-5)14-12-23/h6-18,36,38H,1-5H3. The molecule has 0 aliphatic carbocycles. The van der Waals surface area contributed by atoms with E-state index in [4.69, 9.17) is 16.3 Å². The van der Waals surface area contributed by atoms with E-state index >= 15 is 0 Å². The van der Waals surface area contributed by atoms with Crippen LogP contribution in [0.4, 0.5) is 11.4 Å². The molecule has 3 aromatic carbocycles. The molecule has 0 bridgehead atoms. The van der Waals surface area contributed by atoms with Crippen LogP contribution in [0.3, 0.4) is 0 Å². The molecule has 2 heterocycles. The first-order valence-corrected chi connectivity index (χ1v) is 16.0. The van der Waals surface area contributed by atoms with Gasteiger partial charge in [-0.05, 0) is 81.4 Å². The minimum absolute atomic E-state index is 0.0525. The quantitative estimate of drug-likeness (QED) is 0.112. The smallest absolute Gasteiger partial charge is 0.295 e. The number of rotatable bonds is 10. The number of nitriles is 1. The van der Waals surface area contributed by atoms with E-state index in [-0.39, 0.29) is 26.7 Å². The Morgan fingerprint density at radius 3 is 2.30 bits per heavy atom. The number of para-hydroxylation sites is 1. The van der Waals surface area contributed by atoms with Crippen molar-refractivity contribution in [2.45, 2.75) is 25.7 Å². The fourth-order valence-corrected chi connectivity index (χ4v) is 6.39. The van der Waals surface area contributed by atoms with Gasteiger partial charge in [0.2, 0.25) is 11.5 Å². The maximum atomic E-state index is 13.7. The van der Waals surface area contributed by atoms with Crippen molar-refractivity contribution in [3.8, 4) is 23.2 Å². The van der Waals surface area contributed by atoms with Gasteiger partial charge in [-0.15, -0.1) is 0 Å². The molecule has 240 valence electrons. The molecule has 0 saturated heterocycles. The Labute approximate surface area is 276 Å². The number of aryl methyl sites for hydroxylation is 1. The van der Waals surface area contributed by atoms with Crippen LogP contribution in [-0.2, 0) is 17.1 Å². The summed E-state index contributed by atoms with van der Waals surface area (Å²) in [5.74, 6) is -0.132. The van der Waals surface area contributed by atoms with Gasteiger partial charge >= 0.3 is 0 Å². The summed E-state index contributed by atoms with van der Waals surface area (Å²) in [6.07, 6.45) is 0. The average molecular weight is 672 g/mol. The Hall–Kier alpha value is -5.58. The van der Waals surface area contributed by atoms with Crippen molar-refractivity contribution < 1.29 is 17.9 Å². The number of sulfonamides is 1. The zero-order valence-corrected chi connectivity index (χ0v) is 27.6. The molecule has 0 unspecified atom stereocenters.